The molecule has 0 bridgehead atoms. The van der Waals surface area contributed by atoms with Gasteiger partial charge in [-0.05, 0) is 76.0 Å². The van der Waals surface area contributed by atoms with Crippen molar-refractivity contribution in [2.75, 3.05) is 0 Å². The second-order valence-corrected chi connectivity index (χ2v) is 14.5. The molecule has 1 heteroatoms. The Labute approximate surface area is 241 Å². The lowest BCUT2D eigenvalue weighted by molar-refractivity contribution is 1.70. The van der Waals surface area contributed by atoms with E-state index in [-0.39, 0.29) is 0 Å². The van der Waals surface area contributed by atoms with Crippen LogP contribution in [0.3, 0.4) is 0 Å². The Morgan fingerprint density at radius 3 is 0.854 bits per heavy atom. The maximum absolute atomic E-state index is 2.96. The fourth-order valence-corrected chi connectivity index (χ4v) is 12.7. The van der Waals surface area contributed by atoms with E-state index in [9.17, 15) is 0 Å². The Morgan fingerprint density at radius 1 is 0.268 bits per heavy atom. The average molecular weight is 537 g/mol. The van der Waals surface area contributed by atoms with Crippen LogP contribution in [0, 0.1) is 0 Å². The minimum atomic E-state index is -2.96. The fourth-order valence-electron chi connectivity index (χ4n) is 7.08. The molecule has 0 atom stereocenters. The average Bonchev–Trinajstić information content (AvgIpc) is 3.05. The zero-order valence-corrected chi connectivity index (χ0v) is 23.7. The predicted octanol–water partition coefficient (Wildman–Crippen LogP) is 7.68. The number of benzene rings is 8. The van der Waals surface area contributed by atoms with Gasteiger partial charge in [-0.25, -0.2) is 0 Å². The van der Waals surface area contributed by atoms with Crippen LogP contribution < -0.4 is 20.7 Å². The van der Waals surface area contributed by atoms with Crippen molar-refractivity contribution in [2.45, 2.75) is 0 Å². The van der Waals surface area contributed by atoms with Gasteiger partial charge in [0.2, 0.25) is 0 Å². The summed E-state index contributed by atoms with van der Waals surface area (Å²) in [6.45, 7) is 0. The number of rotatable bonds is 4. The van der Waals surface area contributed by atoms with E-state index in [2.05, 4.69) is 170 Å². The van der Waals surface area contributed by atoms with E-state index in [1.807, 2.05) is 0 Å². The number of fused-ring (bicyclic) bond motifs is 4. The van der Waals surface area contributed by atoms with Gasteiger partial charge in [0.25, 0.3) is 0 Å². The van der Waals surface area contributed by atoms with Crippen molar-refractivity contribution < 1.29 is 0 Å². The zero-order valence-electron chi connectivity index (χ0n) is 22.7. The van der Waals surface area contributed by atoms with Gasteiger partial charge in [0.15, 0.2) is 8.07 Å². The van der Waals surface area contributed by atoms with Gasteiger partial charge in [-0.2, -0.15) is 0 Å². The van der Waals surface area contributed by atoms with Gasteiger partial charge in [0.05, 0.1) is 0 Å². The van der Waals surface area contributed by atoms with Crippen LogP contribution in [-0.4, -0.2) is 8.07 Å². The molecule has 192 valence electrons. The monoisotopic (exact) mass is 536 g/mol. The highest BCUT2D eigenvalue weighted by atomic mass is 28.3. The molecular weight excluding hydrogens is 509 g/mol. The van der Waals surface area contributed by atoms with Crippen LogP contribution in [0.5, 0.6) is 0 Å². The first kappa shape index (κ1) is 23.9. The summed E-state index contributed by atoms with van der Waals surface area (Å²) in [6, 6.07) is 63.4. The molecule has 0 aliphatic rings. The molecule has 0 unspecified atom stereocenters. The molecule has 8 rings (SSSR count). The summed E-state index contributed by atoms with van der Waals surface area (Å²) in [5.41, 5.74) is 0. The molecule has 0 spiro atoms. The topological polar surface area (TPSA) is 0 Å². The summed E-state index contributed by atoms with van der Waals surface area (Å²) in [6.07, 6.45) is 0. The summed E-state index contributed by atoms with van der Waals surface area (Å²) in [4.78, 5) is 0. The van der Waals surface area contributed by atoms with Crippen molar-refractivity contribution in [2.24, 2.45) is 0 Å². The predicted molar refractivity (Wildman–Crippen MR) is 180 cm³/mol. The minimum Gasteiger partial charge on any atom is -0.0623 e. The lowest BCUT2D eigenvalue weighted by Crippen LogP contribution is -2.75. The Morgan fingerprint density at radius 2 is 0.537 bits per heavy atom. The maximum Gasteiger partial charge on any atom is 0.182 e. The summed E-state index contributed by atoms with van der Waals surface area (Å²) < 4.78 is 0. The third kappa shape index (κ3) is 3.60. The quantitative estimate of drug-likeness (QED) is 0.123. The van der Waals surface area contributed by atoms with Gasteiger partial charge in [-0.15, -0.1) is 0 Å². The third-order valence-electron chi connectivity index (χ3n) is 8.71. The molecule has 0 radical (unpaired) electrons. The fraction of sp³-hybridized carbons (Fsp3) is 0. The van der Waals surface area contributed by atoms with Crippen LogP contribution in [0.25, 0.3) is 43.1 Å². The molecule has 0 saturated carbocycles. The molecule has 0 fully saturated rings. The van der Waals surface area contributed by atoms with Crippen molar-refractivity contribution >= 4 is 71.9 Å². The third-order valence-corrected chi connectivity index (χ3v) is 13.7. The second kappa shape index (κ2) is 9.59. The Bertz CT molecular complexity index is 1930. The highest BCUT2D eigenvalue weighted by Crippen LogP contribution is 2.30. The molecule has 0 saturated heterocycles. The smallest absolute Gasteiger partial charge is 0.0623 e. The minimum absolute atomic E-state index is 1.29. The lowest BCUT2D eigenvalue weighted by Gasteiger charge is -2.38. The van der Waals surface area contributed by atoms with Crippen LogP contribution in [0.1, 0.15) is 0 Å². The Hall–Kier alpha value is -4.98. The normalized spacial score (nSPS) is 11.9. The summed E-state index contributed by atoms with van der Waals surface area (Å²) in [5.74, 6) is 0. The van der Waals surface area contributed by atoms with Gasteiger partial charge in [-0.3, -0.25) is 0 Å². The van der Waals surface area contributed by atoms with Crippen molar-refractivity contribution in [1.29, 1.82) is 0 Å². The van der Waals surface area contributed by atoms with Crippen molar-refractivity contribution in [3.63, 3.8) is 0 Å². The van der Waals surface area contributed by atoms with Crippen LogP contribution in [0.15, 0.2) is 170 Å². The standard InChI is InChI=1S/C40H28Si/c1-3-19-33(20-4-1)41(34-21-5-2-6-22-34,39-35-23-11-7-15-29(35)27-30-16-8-12-24-36(30)39)40-37-25-13-9-17-31(37)28-32-18-10-14-26-38(32)40/h1-28H. The lowest BCUT2D eigenvalue weighted by atomic mass is 10.0. The van der Waals surface area contributed by atoms with Gasteiger partial charge in [-0.1, -0.05) is 158 Å². The molecule has 0 nitrogen and oxygen atoms in total. The van der Waals surface area contributed by atoms with E-state index >= 15 is 0 Å². The first-order chi connectivity index (χ1) is 20.4. The second-order valence-electron chi connectivity index (χ2n) is 10.9. The molecule has 0 aliphatic carbocycles. The van der Waals surface area contributed by atoms with Crippen LogP contribution in [0.4, 0.5) is 0 Å². The molecule has 0 aromatic heterocycles. The highest BCUT2D eigenvalue weighted by Gasteiger charge is 2.45. The van der Waals surface area contributed by atoms with E-state index in [0.717, 1.165) is 0 Å². The molecule has 8 aromatic carbocycles. The molecule has 41 heavy (non-hydrogen) atoms. The van der Waals surface area contributed by atoms with Crippen molar-refractivity contribution in [3.8, 4) is 0 Å². The van der Waals surface area contributed by atoms with E-state index < -0.39 is 8.07 Å². The highest BCUT2D eigenvalue weighted by molar-refractivity contribution is 7.23. The van der Waals surface area contributed by atoms with Gasteiger partial charge in [0, 0.05) is 0 Å². The van der Waals surface area contributed by atoms with E-state index in [1.165, 1.54) is 63.8 Å². The van der Waals surface area contributed by atoms with Crippen molar-refractivity contribution in [1.82, 2.24) is 0 Å². The van der Waals surface area contributed by atoms with Crippen LogP contribution in [0.2, 0.25) is 0 Å². The molecule has 0 heterocycles. The largest absolute Gasteiger partial charge is 0.182 e. The molecular formula is C40H28Si. The Balaban J connectivity index is 1.74. The number of hydrogen-bond donors (Lipinski definition) is 0. The molecule has 8 aromatic rings. The summed E-state index contributed by atoms with van der Waals surface area (Å²) >= 11 is 0. The maximum atomic E-state index is 2.38. The van der Waals surface area contributed by atoms with Crippen molar-refractivity contribution in [3.05, 3.63) is 170 Å². The number of hydrogen-bond acceptors (Lipinski definition) is 0. The molecule has 0 N–H and O–H groups in total. The molecule has 0 aliphatic heterocycles. The first-order valence-corrected chi connectivity index (χ1v) is 16.3. The first-order valence-electron chi connectivity index (χ1n) is 14.3. The summed E-state index contributed by atoms with van der Waals surface area (Å²) in [5, 5.41) is 16.2. The van der Waals surface area contributed by atoms with E-state index in [1.54, 1.807) is 0 Å². The van der Waals surface area contributed by atoms with Gasteiger partial charge < -0.3 is 0 Å². The van der Waals surface area contributed by atoms with Crippen LogP contribution >= 0.6 is 0 Å². The SMILES string of the molecule is c1ccc([Si](c2ccccc2)(c2c3ccccc3cc3ccccc23)c2c3ccccc3cc3ccccc23)cc1. The summed E-state index contributed by atoms with van der Waals surface area (Å²) in [7, 11) is -2.96. The van der Waals surface area contributed by atoms with Gasteiger partial charge >= 0.3 is 0 Å². The van der Waals surface area contributed by atoms with Crippen LogP contribution in [-0.2, 0) is 0 Å². The van der Waals surface area contributed by atoms with E-state index in [4.69, 9.17) is 0 Å². The Kier molecular flexibility index (Phi) is 5.58. The van der Waals surface area contributed by atoms with E-state index in [0.29, 0.717) is 0 Å². The zero-order chi connectivity index (χ0) is 27.2. The molecule has 0 amide bonds. The van der Waals surface area contributed by atoms with Gasteiger partial charge in [0.1, 0.15) is 0 Å².